The zero-order valence-corrected chi connectivity index (χ0v) is 29.5. The second-order valence-electron chi connectivity index (χ2n) is 12.8. The molecule has 0 aliphatic carbocycles. The summed E-state index contributed by atoms with van der Waals surface area (Å²) in [6, 6.07) is 59.4. The maximum absolute atomic E-state index is 15.7. The molecule has 9 aromatic rings. The second-order valence-corrected chi connectivity index (χ2v) is 16.6. The Labute approximate surface area is 305 Å². The number of hydrogen-bond donors (Lipinski definition) is 0. The van der Waals surface area contributed by atoms with Crippen LogP contribution in [0.5, 0.6) is 0 Å². The van der Waals surface area contributed by atoms with E-state index in [1.54, 1.807) is 11.8 Å². The highest BCUT2D eigenvalue weighted by atomic mass is 32.2. The van der Waals surface area contributed by atoms with Gasteiger partial charge in [-0.05, 0) is 42.5 Å². The van der Waals surface area contributed by atoms with Gasteiger partial charge in [0.2, 0.25) is 0 Å². The van der Waals surface area contributed by atoms with Gasteiger partial charge in [0.25, 0.3) is 0 Å². The fourth-order valence-electron chi connectivity index (χ4n) is 7.26. The van der Waals surface area contributed by atoms with Crippen LogP contribution in [0.15, 0.2) is 186 Å². The molecule has 52 heavy (non-hydrogen) atoms. The third-order valence-corrected chi connectivity index (χ3v) is 14.3. The van der Waals surface area contributed by atoms with Gasteiger partial charge in [0, 0.05) is 58.9 Å². The first-order chi connectivity index (χ1) is 25.6. The van der Waals surface area contributed by atoms with Crippen LogP contribution in [0.2, 0.25) is 0 Å². The molecule has 7 heteroatoms. The van der Waals surface area contributed by atoms with Crippen molar-refractivity contribution in [1.29, 1.82) is 0 Å². The molecule has 0 saturated heterocycles. The number of aromatic nitrogens is 4. The fourth-order valence-corrected chi connectivity index (χ4v) is 12.0. The van der Waals surface area contributed by atoms with E-state index in [1.165, 1.54) is 0 Å². The maximum Gasteiger partial charge on any atom is 0.173 e. The summed E-state index contributed by atoms with van der Waals surface area (Å²) < 4.78 is 18.0. The first-order valence-electron chi connectivity index (χ1n) is 17.1. The van der Waals surface area contributed by atoms with Gasteiger partial charge in [0.1, 0.15) is 0 Å². The Balaban J connectivity index is 1.24. The van der Waals surface area contributed by atoms with Gasteiger partial charge in [-0.25, -0.2) is 15.0 Å². The van der Waals surface area contributed by atoms with E-state index in [4.69, 9.17) is 15.0 Å². The predicted octanol–water partition coefficient (Wildman–Crippen LogP) is 10.1. The van der Waals surface area contributed by atoms with E-state index in [0.717, 1.165) is 69.9 Å². The third-order valence-electron chi connectivity index (χ3n) is 9.70. The summed E-state index contributed by atoms with van der Waals surface area (Å²) in [5, 5.41) is 4.79. The molecule has 1 unspecified atom stereocenters. The van der Waals surface area contributed by atoms with Crippen molar-refractivity contribution in [2.75, 3.05) is 0 Å². The Bertz CT molecular complexity index is 2780. The Kier molecular flexibility index (Phi) is 7.27. The van der Waals surface area contributed by atoms with E-state index in [0.29, 0.717) is 17.5 Å². The van der Waals surface area contributed by atoms with Crippen LogP contribution < -0.4 is 15.9 Å². The van der Waals surface area contributed by atoms with Crippen molar-refractivity contribution in [3.63, 3.8) is 0 Å². The molecule has 5 nitrogen and oxygen atoms in total. The molecular formula is C45H29N4OPS. The van der Waals surface area contributed by atoms with Gasteiger partial charge in [-0.15, -0.1) is 0 Å². The minimum absolute atomic E-state index is 0.596. The average Bonchev–Trinajstić information content (AvgIpc) is 3.54. The molecule has 3 heterocycles. The minimum Gasteiger partial charge on any atom is -0.309 e. The van der Waals surface area contributed by atoms with Crippen LogP contribution in [0.1, 0.15) is 0 Å². The zero-order valence-electron chi connectivity index (χ0n) is 27.8. The molecule has 0 spiro atoms. The van der Waals surface area contributed by atoms with Gasteiger partial charge in [-0.1, -0.05) is 145 Å². The zero-order chi connectivity index (χ0) is 34.6. The van der Waals surface area contributed by atoms with Crippen molar-refractivity contribution in [3.8, 4) is 39.9 Å². The van der Waals surface area contributed by atoms with Crippen LogP contribution >= 0.6 is 18.9 Å². The van der Waals surface area contributed by atoms with E-state index in [1.807, 2.05) is 115 Å². The summed E-state index contributed by atoms with van der Waals surface area (Å²) in [4.78, 5) is 17.0. The van der Waals surface area contributed by atoms with Gasteiger partial charge in [-0.2, -0.15) is 0 Å². The Morgan fingerprint density at radius 1 is 0.442 bits per heavy atom. The van der Waals surface area contributed by atoms with Gasteiger partial charge >= 0.3 is 0 Å². The quantitative estimate of drug-likeness (QED) is 0.167. The van der Waals surface area contributed by atoms with Crippen molar-refractivity contribution < 1.29 is 4.57 Å². The van der Waals surface area contributed by atoms with Crippen molar-refractivity contribution in [3.05, 3.63) is 176 Å². The highest BCUT2D eigenvalue weighted by molar-refractivity contribution is 8.02. The number of rotatable bonds is 5. The van der Waals surface area contributed by atoms with Crippen LogP contribution in [-0.4, -0.2) is 19.5 Å². The van der Waals surface area contributed by atoms with Crippen molar-refractivity contribution >= 4 is 56.6 Å². The molecule has 0 amide bonds. The monoisotopic (exact) mass is 704 g/mol. The summed E-state index contributed by atoms with van der Waals surface area (Å²) in [6.45, 7) is 0. The largest absolute Gasteiger partial charge is 0.309 e. The normalized spacial score (nSPS) is 15.0. The Morgan fingerprint density at radius 2 is 0.981 bits per heavy atom. The van der Waals surface area contributed by atoms with Crippen LogP contribution in [0.4, 0.5) is 0 Å². The fraction of sp³-hybridized carbons (Fsp3) is 0. The summed E-state index contributed by atoms with van der Waals surface area (Å²) in [6.07, 6.45) is 0. The lowest BCUT2D eigenvalue weighted by Crippen LogP contribution is -2.30. The molecular weight excluding hydrogens is 676 g/mol. The molecule has 0 fully saturated rings. The van der Waals surface area contributed by atoms with E-state index >= 15 is 4.57 Å². The van der Waals surface area contributed by atoms with Crippen molar-refractivity contribution in [1.82, 2.24) is 19.5 Å². The molecule has 0 radical (unpaired) electrons. The standard InChI is InChI=1S/C45H29N4OPS/c50-51(34-21-11-4-12-22-34)39-23-13-14-24-41(39)52-42-28-36-35-26-25-32(27-37(35)49(38(36)29-40(42)51)33-19-9-3-10-20-33)45-47-43(30-15-5-1-6-16-30)46-44(48-45)31-17-7-2-8-18-31/h1-29H. The summed E-state index contributed by atoms with van der Waals surface area (Å²) in [5.74, 6) is 1.83. The first kappa shape index (κ1) is 30.7. The van der Waals surface area contributed by atoms with Gasteiger partial charge in [0.15, 0.2) is 24.6 Å². The third kappa shape index (κ3) is 4.95. The molecule has 0 saturated carbocycles. The molecule has 1 atom stereocenters. The minimum atomic E-state index is -3.19. The van der Waals surface area contributed by atoms with E-state index in [2.05, 4.69) is 65.2 Å². The second kappa shape index (κ2) is 12.3. The summed E-state index contributed by atoms with van der Waals surface area (Å²) in [5.41, 5.74) is 5.76. The highest BCUT2D eigenvalue weighted by Gasteiger charge is 2.38. The number of para-hydroxylation sites is 1. The van der Waals surface area contributed by atoms with Crippen LogP contribution in [0, 0.1) is 0 Å². The van der Waals surface area contributed by atoms with E-state index < -0.39 is 7.14 Å². The lowest BCUT2D eigenvalue weighted by atomic mass is 10.1. The van der Waals surface area contributed by atoms with Gasteiger partial charge in [-0.3, -0.25) is 0 Å². The van der Waals surface area contributed by atoms with Crippen LogP contribution in [0.25, 0.3) is 61.7 Å². The summed E-state index contributed by atoms with van der Waals surface area (Å²) in [7, 11) is -3.19. The topological polar surface area (TPSA) is 60.7 Å². The SMILES string of the molecule is O=P1(c2ccccc2)c2ccccc2Sc2cc3c4ccc(-c5nc(-c6ccccc6)nc(-c6ccccc6)n5)cc4n(-c4ccccc4)c3cc21. The molecule has 7 aromatic carbocycles. The van der Waals surface area contributed by atoms with Gasteiger partial charge < -0.3 is 9.13 Å². The Morgan fingerprint density at radius 3 is 1.63 bits per heavy atom. The number of nitrogens with zero attached hydrogens (tertiary/aromatic N) is 4. The molecule has 2 aromatic heterocycles. The lowest BCUT2D eigenvalue weighted by molar-refractivity contribution is 0.592. The van der Waals surface area contributed by atoms with Crippen LogP contribution in [0.3, 0.4) is 0 Å². The van der Waals surface area contributed by atoms with Crippen molar-refractivity contribution in [2.24, 2.45) is 0 Å². The molecule has 0 N–H and O–H groups in total. The van der Waals surface area contributed by atoms with Crippen molar-refractivity contribution in [2.45, 2.75) is 9.79 Å². The smallest absolute Gasteiger partial charge is 0.173 e. The number of benzene rings is 7. The van der Waals surface area contributed by atoms with E-state index in [9.17, 15) is 0 Å². The Hall–Kier alpha value is -6.07. The van der Waals surface area contributed by atoms with E-state index in [-0.39, 0.29) is 0 Å². The molecule has 10 rings (SSSR count). The first-order valence-corrected chi connectivity index (χ1v) is 19.7. The average molecular weight is 705 g/mol. The highest BCUT2D eigenvalue weighted by Crippen LogP contribution is 2.53. The molecule has 1 aliphatic heterocycles. The molecule has 1 aliphatic rings. The molecule has 246 valence electrons. The van der Waals surface area contributed by atoms with Gasteiger partial charge in [0.05, 0.1) is 11.0 Å². The van der Waals surface area contributed by atoms with Crippen LogP contribution in [-0.2, 0) is 4.57 Å². The molecule has 0 bridgehead atoms. The summed E-state index contributed by atoms with van der Waals surface area (Å²) >= 11 is 1.70. The number of hydrogen-bond acceptors (Lipinski definition) is 5. The predicted molar refractivity (Wildman–Crippen MR) is 214 cm³/mol. The lowest BCUT2D eigenvalue weighted by Gasteiger charge is -2.29. The maximum atomic E-state index is 15.7. The number of fused-ring (bicyclic) bond motifs is 5.